The predicted octanol–water partition coefficient (Wildman–Crippen LogP) is 2.06. The fourth-order valence-electron chi connectivity index (χ4n) is 1.91. The van der Waals surface area contributed by atoms with E-state index in [1.165, 1.54) is 25.6 Å². The van der Waals surface area contributed by atoms with Crippen LogP contribution in [0.4, 0.5) is 11.6 Å². The number of nitrogens with one attached hydrogen (secondary N) is 1. The van der Waals surface area contributed by atoms with E-state index in [4.69, 9.17) is 5.73 Å². The summed E-state index contributed by atoms with van der Waals surface area (Å²) < 4.78 is 0.409. The van der Waals surface area contributed by atoms with Gasteiger partial charge in [-0.1, -0.05) is 6.42 Å². The van der Waals surface area contributed by atoms with E-state index in [-0.39, 0.29) is 0 Å². The first-order valence-electron chi connectivity index (χ1n) is 5.53. The molecule has 0 bridgehead atoms. The molecule has 3 N–H and O–H groups in total. The van der Waals surface area contributed by atoms with Crippen LogP contribution in [0.5, 0.6) is 0 Å². The first kappa shape index (κ1) is 11.5. The molecule has 1 aromatic rings. The highest BCUT2D eigenvalue weighted by Crippen LogP contribution is 2.42. The summed E-state index contributed by atoms with van der Waals surface area (Å²) in [5, 5.41) is 3.40. The molecule has 0 aromatic carbocycles. The molecule has 88 valence electrons. The van der Waals surface area contributed by atoms with Crippen LogP contribution in [0.1, 0.15) is 24.8 Å². The largest absolute Gasteiger partial charge is 0.383 e. The number of nitrogens with two attached hydrogens (primary N) is 1. The Morgan fingerprint density at radius 3 is 2.81 bits per heavy atom. The minimum atomic E-state index is 0.409. The Bertz CT molecular complexity index is 371. The minimum absolute atomic E-state index is 0.409. The summed E-state index contributed by atoms with van der Waals surface area (Å²) in [6.45, 7) is 2.91. The Morgan fingerprint density at radius 1 is 1.50 bits per heavy atom. The minimum Gasteiger partial charge on any atom is -0.383 e. The molecule has 0 amide bonds. The zero-order chi connectivity index (χ0) is 11.6. The second-order valence-electron chi connectivity index (χ2n) is 4.33. The van der Waals surface area contributed by atoms with E-state index in [9.17, 15) is 0 Å². The van der Waals surface area contributed by atoms with Crippen molar-refractivity contribution in [3.8, 4) is 0 Å². The average molecular weight is 238 g/mol. The standard InChI is InChI=1S/C11H18N4S/c1-8-9(12)14-7-15-10(8)13-6-11(16-2)4-3-5-11/h7H,3-6H2,1-2H3,(H3,12,13,14,15). The van der Waals surface area contributed by atoms with Gasteiger partial charge in [-0.25, -0.2) is 9.97 Å². The highest BCUT2D eigenvalue weighted by molar-refractivity contribution is 8.00. The van der Waals surface area contributed by atoms with Gasteiger partial charge in [0.2, 0.25) is 0 Å². The van der Waals surface area contributed by atoms with E-state index in [1.54, 1.807) is 0 Å². The SMILES string of the molecule is CSC1(CNc2ncnc(N)c2C)CCC1. The lowest BCUT2D eigenvalue weighted by molar-refractivity contribution is 0.379. The zero-order valence-corrected chi connectivity index (χ0v) is 10.6. The van der Waals surface area contributed by atoms with Crippen molar-refractivity contribution in [1.29, 1.82) is 0 Å². The Morgan fingerprint density at radius 2 is 2.25 bits per heavy atom. The molecule has 16 heavy (non-hydrogen) atoms. The maximum Gasteiger partial charge on any atom is 0.134 e. The third kappa shape index (κ3) is 2.09. The topological polar surface area (TPSA) is 63.8 Å². The van der Waals surface area contributed by atoms with Crippen LogP contribution in [0.3, 0.4) is 0 Å². The molecule has 5 heteroatoms. The van der Waals surface area contributed by atoms with E-state index < -0.39 is 0 Å². The van der Waals surface area contributed by atoms with Crippen LogP contribution in [0.15, 0.2) is 6.33 Å². The molecule has 1 heterocycles. The monoisotopic (exact) mass is 238 g/mol. The second-order valence-corrected chi connectivity index (χ2v) is 5.60. The van der Waals surface area contributed by atoms with Crippen LogP contribution in [0, 0.1) is 6.92 Å². The van der Waals surface area contributed by atoms with Gasteiger partial charge in [0.1, 0.15) is 18.0 Å². The van der Waals surface area contributed by atoms with E-state index in [0.29, 0.717) is 10.6 Å². The van der Waals surface area contributed by atoms with Gasteiger partial charge in [-0.2, -0.15) is 11.8 Å². The Hall–Kier alpha value is -0.970. The molecule has 4 nitrogen and oxygen atoms in total. The fourth-order valence-corrected chi connectivity index (χ4v) is 2.82. The van der Waals surface area contributed by atoms with Gasteiger partial charge in [0, 0.05) is 16.9 Å². The van der Waals surface area contributed by atoms with Gasteiger partial charge < -0.3 is 11.1 Å². The molecule has 2 rings (SSSR count). The van der Waals surface area contributed by atoms with Gasteiger partial charge >= 0.3 is 0 Å². The summed E-state index contributed by atoms with van der Waals surface area (Å²) in [6, 6.07) is 0. The molecule has 0 atom stereocenters. The van der Waals surface area contributed by atoms with Crippen molar-refractivity contribution in [2.45, 2.75) is 30.9 Å². The molecule has 1 saturated carbocycles. The summed E-state index contributed by atoms with van der Waals surface area (Å²) in [4.78, 5) is 8.18. The first-order valence-corrected chi connectivity index (χ1v) is 6.75. The Labute approximate surface area is 100 Å². The van der Waals surface area contributed by atoms with E-state index in [2.05, 4.69) is 21.5 Å². The highest BCUT2D eigenvalue weighted by Gasteiger charge is 2.35. The van der Waals surface area contributed by atoms with Crippen molar-refractivity contribution in [2.75, 3.05) is 23.9 Å². The van der Waals surface area contributed by atoms with Crippen molar-refractivity contribution in [3.63, 3.8) is 0 Å². The van der Waals surface area contributed by atoms with Crippen LogP contribution < -0.4 is 11.1 Å². The van der Waals surface area contributed by atoms with Gasteiger partial charge in [-0.3, -0.25) is 0 Å². The summed E-state index contributed by atoms with van der Waals surface area (Å²) in [5.41, 5.74) is 6.69. The first-order chi connectivity index (χ1) is 7.67. The second kappa shape index (κ2) is 4.49. The lowest BCUT2D eigenvalue weighted by Crippen LogP contribution is -2.40. The van der Waals surface area contributed by atoms with Gasteiger partial charge in [0.05, 0.1) is 0 Å². The molecule has 0 unspecified atom stereocenters. The number of hydrogen-bond donors (Lipinski definition) is 2. The van der Waals surface area contributed by atoms with Crippen molar-refractivity contribution in [2.24, 2.45) is 0 Å². The molecule has 0 aliphatic heterocycles. The van der Waals surface area contributed by atoms with Crippen molar-refractivity contribution in [3.05, 3.63) is 11.9 Å². The Kier molecular flexibility index (Phi) is 3.23. The van der Waals surface area contributed by atoms with Crippen molar-refractivity contribution >= 4 is 23.4 Å². The summed E-state index contributed by atoms with van der Waals surface area (Å²) in [7, 11) is 0. The lowest BCUT2D eigenvalue weighted by atomic mass is 9.84. The summed E-state index contributed by atoms with van der Waals surface area (Å²) in [6.07, 6.45) is 7.62. The molecule has 0 radical (unpaired) electrons. The number of nitrogens with zero attached hydrogens (tertiary/aromatic N) is 2. The molecule has 1 fully saturated rings. The molecule has 0 spiro atoms. The van der Waals surface area contributed by atoms with Crippen LogP contribution in [-0.2, 0) is 0 Å². The quantitative estimate of drug-likeness (QED) is 0.840. The van der Waals surface area contributed by atoms with Gasteiger partial charge in [-0.05, 0) is 26.0 Å². The fraction of sp³-hybridized carbons (Fsp3) is 0.636. The number of nitrogen functional groups attached to an aromatic ring is 1. The molecular weight excluding hydrogens is 220 g/mol. The summed E-state index contributed by atoms with van der Waals surface area (Å²) in [5.74, 6) is 1.43. The van der Waals surface area contributed by atoms with Gasteiger partial charge in [-0.15, -0.1) is 0 Å². The molecule has 0 saturated heterocycles. The van der Waals surface area contributed by atoms with E-state index in [1.807, 2.05) is 18.7 Å². The third-order valence-electron chi connectivity index (χ3n) is 3.40. The molecule has 1 aliphatic carbocycles. The van der Waals surface area contributed by atoms with Crippen LogP contribution >= 0.6 is 11.8 Å². The number of rotatable bonds is 4. The predicted molar refractivity (Wildman–Crippen MR) is 69.8 cm³/mol. The number of thioether (sulfide) groups is 1. The van der Waals surface area contributed by atoms with Crippen molar-refractivity contribution < 1.29 is 0 Å². The average Bonchev–Trinajstić information content (AvgIpc) is 2.23. The highest BCUT2D eigenvalue weighted by atomic mass is 32.2. The molecule has 1 aromatic heterocycles. The number of hydrogen-bond acceptors (Lipinski definition) is 5. The van der Waals surface area contributed by atoms with E-state index in [0.717, 1.165) is 17.9 Å². The van der Waals surface area contributed by atoms with Gasteiger partial charge in [0.25, 0.3) is 0 Å². The summed E-state index contributed by atoms with van der Waals surface area (Å²) >= 11 is 1.95. The number of aromatic nitrogens is 2. The molecule has 1 aliphatic rings. The maximum absolute atomic E-state index is 5.74. The van der Waals surface area contributed by atoms with Crippen LogP contribution in [0.2, 0.25) is 0 Å². The smallest absolute Gasteiger partial charge is 0.134 e. The lowest BCUT2D eigenvalue weighted by Gasteiger charge is -2.40. The third-order valence-corrected chi connectivity index (χ3v) is 4.82. The van der Waals surface area contributed by atoms with E-state index >= 15 is 0 Å². The van der Waals surface area contributed by atoms with Crippen LogP contribution in [0.25, 0.3) is 0 Å². The molecular formula is C11H18N4S. The Balaban J connectivity index is 2.02. The normalized spacial score (nSPS) is 17.9. The maximum atomic E-state index is 5.74. The van der Waals surface area contributed by atoms with Gasteiger partial charge in [0.15, 0.2) is 0 Å². The van der Waals surface area contributed by atoms with Crippen LogP contribution in [-0.4, -0.2) is 27.5 Å². The number of anilines is 2. The zero-order valence-electron chi connectivity index (χ0n) is 9.79. The van der Waals surface area contributed by atoms with Crippen molar-refractivity contribution in [1.82, 2.24) is 9.97 Å².